The Bertz CT molecular complexity index is 1320. The van der Waals surface area contributed by atoms with Crippen LogP contribution in [0.4, 0.5) is 13.2 Å². The van der Waals surface area contributed by atoms with Crippen LogP contribution in [0.15, 0.2) is 48.8 Å². The van der Waals surface area contributed by atoms with E-state index in [1.165, 1.54) is 12.3 Å². The van der Waals surface area contributed by atoms with E-state index in [9.17, 15) is 22.8 Å². The fourth-order valence-corrected chi connectivity index (χ4v) is 4.86. The van der Waals surface area contributed by atoms with E-state index in [0.29, 0.717) is 24.8 Å². The van der Waals surface area contributed by atoms with Crippen molar-refractivity contribution in [2.45, 2.75) is 50.0 Å². The molecule has 2 fully saturated rings. The molecular weight excluding hydrogens is 473 g/mol. The monoisotopic (exact) mass is 496 g/mol. The molecule has 2 aromatic heterocycles. The maximum Gasteiger partial charge on any atom is 0.220 e. The number of fused-ring (bicyclic) bond motifs is 1. The Labute approximate surface area is 204 Å². The minimum absolute atomic E-state index is 0.0506. The Morgan fingerprint density at radius 1 is 1.11 bits per heavy atom. The third-order valence-electron chi connectivity index (χ3n) is 6.64. The van der Waals surface area contributed by atoms with Crippen LogP contribution in [0.3, 0.4) is 0 Å². The van der Waals surface area contributed by atoms with Crippen LogP contribution in [0.5, 0.6) is 0 Å². The van der Waals surface area contributed by atoms with Crippen LogP contribution in [0, 0.1) is 17.5 Å². The molecule has 2 saturated heterocycles. The van der Waals surface area contributed by atoms with Crippen molar-refractivity contribution in [3.05, 3.63) is 83.1 Å². The van der Waals surface area contributed by atoms with Crippen molar-refractivity contribution in [2.24, 2.45) is 5.73 Å². The molecule has 4 heterocycles. The predicted octanol–water partition coefficient (Wildman–Crippen LogP) is 3.42. The number of carbonyl (C=O) groups excluding carboxylic acids is 2. The molecular formula is C26H23F3N4O3. The highest BCUT2D eigenvalue weighted by molar-refractivity contribution is 5.96. The summed E-state index contributed by atoms with van der Waals surface area (Å²) in [5.74, 6) is -3.45. The Kier molecular flexibility index (Phi) is 6.55. The van der Waals surface area contributed by atoms with Crippen LogP contribution in [-0.2, 0) is 16.0 Å². The summed E-state index contributed by atoms with van der Waals surface area (Å²) in [5, 5.41) is 2.89. The molecule has 5 rings (SSSR count). The number of amides is 1. The number of Topliss-reactive ketones (excluding diaryl/α,β-unsaturated/α-hetero) is 1. The molecule has 0 radical (unpaired) electrons. The van der Waals surface area contributed by atoms with Crippen LogP contribution in [0.25, 0.3) is 11.3 Å². The smallest absolute Gasteiger partial charge is 0.220 e. The van der Waals surface area contributed by atoms with Gasteiger partial charge in [-0.2, -0.15) is 0 Å². The molecule has 4 atom stereocenters. The van der Waals surface area contributed by atoms with Crippen molar-refractivity contribution in [2.75, 3.05) is 0 Å². The summed E-state index contributed by atoms with van der Waals surface area (Å²) in [6, 6.07) is 6.44. The largest absolute Gasteiger partial charge is 0.368 e. The molecule has 0 saturated carbocycles. The molecule has 7 nitrogen and oxygen atoms in total. The van der Waals surface area contributed by atoms with Crippen LogP contribution in [-0.4, -0.2) is 39.8 Å². The van der Waals surface area contributed by atoms with Gasteiger partial charge in [-0.15, -0.1) is 0 Å². The van der Waals surface area contributed by atoms with Gasteiger partial charge < -0.3 is 15.8 Å². The van der Waals surface area contributed by atoms with Gasteiger partial charge in [-0.05, 0) is 54.3 Å². The lowest BCUT2D eigenvalue weighted by molar-refractivity contribution is -0.136. The Morgan fingerprint density at radius 3 is 2.67 bits per heavy atom. The Hall–Kier alpha value is -3.63. The quantitative estimate of drug-likeness (QED) is 0.525. The number of aromatic nitrogens is 2. The zero-order valence-electron chi connectivity index (χ0n) is 19.1. The summed E-state index contributed by atoms with van der Waals surface area (Å²) >= 11 is 0. The van der Waals surface area contributed by atoms with Crippen molar-refractivity contribution in [1.29, 1.82) is 0 Å². The number of halogens is 3. The number of nitrogens with one attached hydrogen (secondary N) is 1. The van der Waals surface area contributed by atoms with Gasteiger partial charge in [-0.1, -0.05) is 6.07 Å². The zero-order chi connectivity index (χ0) is 25.4. The van der Waals surface area contributed by atoms with E-state index in [1.807, 2.05) is 0 Å². The number of nitrogens with zero attached hydrogens (tertiary/aromatic N) is 2. The second-order valence-electron chi connectivity index (χ2n) is 8.99. The number of ketones is 1. The lowest BCUT2D eigenvalue weighted by atomic mass is 9.85. The van der Waals surface area contributed by atoms with E-state index >= 15 is 0 Å². The molecule has 36 heavy (non-hydrogen) atoms. The molecule has 186 valence electrons. The third-order valence-corrected chi connectivity index (χ3v) is 6.64. The van der Waals surface area contributed by atoms with Gasteiger partial charge in [0.25, 0.3) is 0 Å². The van der Waals surface area contributed by atoms with Crippen LogP contribution in [0.2, 0.25) is 0 Å². The molecule has 0 aliphatic carbocycles. The van der Waals surface area contributed by atoms with Crippen molar-refractivity contribution in [1.82, 2.24) is 15.3 Å². The van der Waals surface area contributed by atoms with E-state index in [-0.39, 0.29) is 36.2 Å². The molecule has 0 spiro atoms. The van der Waals surface area contributed by atoms with Crippen molar-refractivity contribution in [3.8, 4) is 11.3 Å². The first-order valence-electron chi connectivity index (χ1n) is 11.6. The first-order chi connectivity index (χ1) is 17.3. The van der Waals surface area contributed by atoms with Crippen molar-refractivity contribution in [3.63, 3.8) is 0 Å². The number of pyridine rings is 2. The van der Waals surface area contributed by atoms with E-state index in [1.54, 1.807) is 12.3 Å². The van der Waals surface area contributed by atoms with Crippen LogP contribution in [0.1, 0.15) is 47.0 Å². The van der Waals surface area contributed by atoms with E-state index in [0.717, 1.165) is 29.8 Å². The summed E-state index contributed by atoms with van der Waals surface area (Å²) in [6.07, 6.45) is 3.66. The maximum absolute atomic E-state index is 14.4. The number of piperidine rings is 1. The second-order valence-corrected chi connectivity index (χ2v) is 8.99. The minimum Gasteiger partial charge on any atom is -0.368 e. The molecule has 3 N–H and O–H groups in total. The SMILES string of the molecule is N[C@@H]1C[C@H](c2ccncc2CC(=O)c2ccc(F)c(-c3c(F)cccc3F)n2)O[C@@H]2CCC(=O)N[C@@H]12. The van der Waals surface area contributed by atoms with Crippen molar-refractivity contribution >= 4 is 11.7 Å². The molecule has 0 unspecified atom stereocenters. The number of ether oxygens (including phenoxy) is 1. The summed E-state index contributed by atoms with van der Waals surface area (Å²) in [7, 11) is 0. The highest BCUT2D eigenvalue weighted by Gasteiger charge is 2.41. The summed E-state index contributed by atoms with van der Waals surface area (Å²) in [5.41, 5.74) is 6.30. The number of hydrogen-bond donors (Lipinski definition) is 2. The molecule has 0 bridgehead atoms. The topological polar surface area (TPSA) is 107 Å². The van der Waals surface area contributed by atoms with Gasteiger partial charge in [-0.3, -0.25) is 14.6 Å². The first kappa shape index (κ1) is 24.1. The third kappa shape index (κ3) is 4.61. The first-order valence-corrected chi connectivity index (χ1v) is 11.6. The Balaban J connectivity index is 1.40. The number of rotatable bonds is 5. The second kappa shape index (κ2) is 9.79. The van der Waals surface area contributed by atoms with Crippen molar-refractivity contribution < 1.29 is 27.5 Å². The number of benzene rings is 1. The highest BCUT2D eigenvalue weighted by atomic mass is 19.1. The Morgan fingerprint density at radius 2 is 1.89 bits per heavy atom. The summed E-state index contributed by atoms with van der Waals surface area (Å²) in [4.78, 5) is 33.0. The zero-order valence-corrected chi connectivity index (χ0v) is 19.1. The molecule has 10 heteroatoms. The van der Waals surface area contributed by atoms with Gasteiger partial charge in [0, 0.05) is 31.3 Å². The molecule has 2 aliphatic rings. The number of hydrogen-bond acceptors (Lipinski definition) is 6. The minimum atomic E-state index is -0.983. The lowest BCUT2D eigenvalue weighted by Gasteiger charge is -2.43. The van der Waals surface area contributed by atoms with Gasteiger partial charge >= 0.3 is 0 Å². The predicted molar refractivity (Wildman–Crippen MR) is 123 cm³/mol. The summed E-state index contributed by atoms with van der Waals surface area (Å²) < 4.78 is 49.2. The average Bonchev–Trinajstić information content (AvgIpc) is 2.85. The highest BCUT2D eigenvalue weighted by Crippen LogP contribution is 2.36. The fraction of sp³-hybridized carbons (Fsp3) is 0.308. The van der Waals surface area contributed by atoms with Gasteiger partial charge in [0.15, 0.2) is 5.78 Å². The molecule has 3 aromatic rings. The van der Waals surface area contributed by atoms with E-state index in [4.69, 9.17) is 10.5 Å². The standard InChI is InChI=1S/C26H23F3N4O3/c27-15-2-1-3-16(28)24(15)25-17(29)4-5-19(32-25)20(34)10-13-12-31-9-8-14(13)22-11-18(30)26-21(36-22)6-7-23(35)33-26/h1-5,8-9,12,18,21-22,26H,6-7,10-11,30H2,(H,33,35)/t18-,21-,22-,26+/m1/s1. The van der Waals surface area contributed by atoms with Gasteiger partial charge in [-0.25, -0.2) is 18.2 Å². The van der Waals surface area contributed by atoms with Crippen LogP contribution >= 0.6 is 0 Å². The van der Waals surface area contributed by atoms with Crippen LogP contribution < -0.4 is 11.1 Å². The lowest BCUT2D eigenvalue weighted by Crippen LogP contribution is -2.61. The molecule has 1 amide bonds. The van der Waals surface area contributed by atoms with Gasteiger partial charge in [0.1, 0.15) is 28.8 Å². The normalized spacial score (nSPS) is 23.6. The maximum atomic E-state index is 14.4. The van der Waals surface area contributed by atoms with E-state index < -0.39 is 40.6 Å². The summed E-state index contributed by atoms with van der Waals surface area (Å²) in [6.45, 7) is 0. The van der Waals surface area contributed by atoms with Gasteiger partial charge in [0.2, 0.25) is 5.91 Å². The van der Waals surface area contributed by atoms with Gasteiger partial charge in [0.05, 0.1) is 23.8 Å². The number of nitrogens with two attached hydrogens (primary N) is 1. The van der Waals surface area contributed by atoms with E-state index in [2.05, 4.69) is 15.3 Å². The fourth-order valence-electron chi connectivity index (χ4n) is 4.86. The number of carbonyl (C=O) groups is 2. The average molecular weight is 496 g/mol. The molecule has 2 aliphatic heterocycles. The molecule has 1 aromatic carbocycles.